The summed E-state index contributed by atoms with van der Waals surface area (Å²) in [5, 5.41) is 5.29. The minimum absolute atomic E-state index is 0.0147. The summed E-state index contributed by atoms with van der Waals surface area (Å²) in [7, 11) is -4.02. The first-order chi connectivity index (χ1) is 16.3. The minimum Gasteiger partial charge on any atom is -0.351 e. The summed E-state index contributed by atoms with van der Waals surface area (Å²) in [6.07, 6.45) is 0. The van der Waals surface area contributed by atoms with Crippen LogP contribution in [0.3, 0.4) is 0 Å². The molecule has 8 heteroatoms. The Labute approximate surface area is 202 Å². The first-order valence-electron chi connectivity index (χ1n) is 10.6. The molecule has 0 aliphatic rings. The fourth-order valence-corrected chi connectivity index (χ4v) is 5.14. The highest BCUT2D eigenvalue weighted by molar-refractivity contribution is 7.89. The Morgan fingerprint density at radius 1 is 0.882 bits per heavy atom. The van der Waals surface area contributed by atoms with Crippen molar-refractivity contribution in [1.82, 2.24) is 9.62 Å². The predicted molar refractivity (Wildman–Crippen MR) is 131 cm³/mol. The number of hydrogen-bond acceptors (Lipinski definition) is 3. The Hall–Kier alpha value is -3.26. The van der Waals surface area contributed by atoms with Gasteiger partial charge >= 0.3 is 0 Å². The molecule has 0 radical (unpaired) electrons. The molecule has 5 nitrogen and oxygen atoms in total. The van der Waals surface area contributed by atoms with Gasteiger partial charge < -0.3 is 5.32 Å². The van der Waals surface area contributed by atoms with Crippen molar-refractivity contribution in [2.24, 2.45) is 0 Å². The maximum atomic E-state index is 13.3. The third kappa shape index (κ3) is 5.62. The van der Waals surface area contributed by atoms with Gasteiger partial charge in [0.1, 0.15) is 5.82 Å². The number of amides is 1. The number of hydrogen-bond donors (Lipinski definition) is 1. The van der Waals surface area contributed by atoms with Gasteiger partial charge in [0.05, 0.1) is 11.4 Å². The normalized spacial score (nSPS) is 11.6. The Kier molecular flexibility index (Phi) is 7.26. The highest BCUT2D eigenvalue weighted by atomic mass is 35.5. The highest BCUT2D eigenvalue weighted by Crippen LogP contribution is 2.21. The zero-order chi connectivity index (χ0) is 24.1. The largest absolute Gasteiger partial charge is 0.351 e. The standard InChI is InChI=1S/C26H22ClFN2O3S/c27-22-10-14-24(15-11-22)34(32,33)30(17-19-8-12-23(28)13-9-19)18-26(31)29-16-21-6-3-5-20-4-1-2-7-25(20)21/h1-15H,16-18H2,(H,29,31). The van der Waals surface area contributed by atoms with Crippen molar-refractivity contribution in [1.29, 1.82) is 0 Å². The topological polar surface area (TPSA) is 66.5 Å². The third-order valence-electron chi connectivity index (χ3n) is 5.40. The molecule has 4 aromatic rings. The third-order valence-corrected chi connectivity index (χ3v) is 7.46. The molecule has 0 aromatic heterocycles. The molecule has 0 fully saturated rings. The van der Waals surface area contributed by atoms with Crippen LogP contribution in [0.25, 0.3) is 10.8 Å². The van der Waals surface area contributed by atoms with Crippen LogP contribution in [0.4, 0.5) is 4.39 Å². The van der Waals surface area contributed by atoms with Crippen molar-refractivity contribution in [2.75, 3.05) is 6.54 Å². The van der Waals surface area contributed by atoms with E-state index < -0.39 is 28.3 Å². The second kappa shape index (κ2) is 10.3. The molecule has 0 heterocycles. The number of benzene rings is 4. The summed E-state index contributed by atoms with van der Waals surface area (Å²) in [6, 6.07) is 24.9. The fraction of sp³-hybridized carbons (Fsp3) is 0.115. The SMILES string of the molecule is O=C(CN(Cc1ccc(F)cc1)S(=O)(=O)c1ccc(Cl)cc1)NCc1cccc2ccccc12. The molecule has 34 heavy (non-hydrogen) atoms. The summed E-state index contributed by atoms with van der Waals surface area (Å²) in [6.45, 7) is -0.231. The lowest BCUT2D eigenvalue weighted by Crippen LogP contribution is -2.40. The number of nitrogens with zero attached hydrogens (tertiary/aromatic N) is 1. The fourth-order valence-electron chi connectivity index (χ4n) is 3.63. The lowest BCUT2D eigenvalue weighted by atomic mass is 10.0. The van der Waals surface area contributed by atoms with Crippen LogP contribution in [0.2, 0.25) is 5.02 Å². The first kappa shape index (κ1) is 23.9. The van der Waals surface area contributed by atoms with Crippen LogP contribution in [0.5, 0.6) is 0 Å². The van der Waals surface area contributed by atoms with Crippen LogP contribution >= 0.6 is 11.6 Å². The summed E-state index contributed by atoms with van der Waals surface area (Å²) in [4.78, 5) is 12.9. The Balaban J connectivity index is 1.55. The molecule has 0 bridgehead atoms. The number of fused-ring (bicyclic) bond motifs is 1. The molecule has 0 aliphatic carbocycles. The van der Waals surface area contributed by atoms with Crippen molar-refractivity contribution in [3.8, 4) is 0 Å². The lowest BCUT2D eigenvalue weighted by molar-refractivity contribution is -0.121. The average molecular weight is 497 g/mol. The summed E-state index contributed by atoms with van der Waals surface area (Å²) >= 11 is 5.90. The van der Waals surface area contributed by atoms with Gasteiger partial charge in [0.25, 0.3) is 0 Å². The van der Waals surface area contributed by atoms with E-state index in [9.17, 15) is 17.6 Å². The molecule has 1 N–H and O–H groups in total. The van der Waals surface area contributed by atoms with E-state index in [1.54, 1.807) is 0 Å². The number of carbonyl (C=O) groups is 1. The quantitative estimate of drug-likeness (QED) is 0.367. The van der Waals surface area contributed by atoms with Gasteiger partial charge in [0.15, 0.2) is 0 Å². The van der Waals surface area contributed by atoms with Crippen molar-refractivity contribution in [3.63, 3.8) is 0 Å². The molecule has 0 aliphatic heterocycles. The van der Waals surface area contributed by atoms with Crippen molar-refractivity contribution in [3.05, 3.63) is 113 Å². The molecular weight excluding hydrogens is 475 g/mol. The van der Waals surface area contributed by atoms with E-state index >= 15 is 0 Å². The van der Waals surface area contributed by atoms with Gasteiger partial charge in [0.2, 0.25) is 15.9 Å². The molecule has 1 amide bonds. The average Bonchev–Trinajstić information content (AvgIpc) is 2.84. The maximum absolute atomic E-state index is 13.3. The number of sulfonamides is 1. The van der Waals surface area contributed by atoms with E-state index in [-0.39, 0.29) is 18.0 Å². The predicted octanol–water partition coefficient (Wildman–Crippen LogP) is 5.14. The molecule has 0 unspecified atom stereocenters. The van der Waals surface area contributed by atoms with Crippen LogP contribution in [0.15, 0.2) is 95.9 Å². The second-order valence-electron chi connectivity index (χ2n) is 7.77. The minimum atomic E-state index is -4.02. The number of carbonyl (C=O) groups excluding carboxylic acids is 1. The highest BCUT2D eigenvalue weighted by Gasteiger charge is 2.27. The number of halogens is 2. The summed E-state index contributed by atoms with van der Waals surface area (Å²) < 4.78 is 41.1. The smallest absolute Gasteiger partial charge is 0.243 e. The van der Waals surface area contributed by atoms with Crippen molar-refractivity contribution < 1.29 is 17.6 Å². The monoisotopic (exact) mass is 496 g/mol. The van der Waals surface area contributed by atoms with Gasteiger partial charge in [-0.15, -0.1) is 0 Å². The maximum Gasteiger partial charge on any atom is 0.243 e. The molecular formula is C26H22ClFN2O3S. The van der Waals surface area contributed by atoms with E-state index in [1.165, 1.54) is 48.5 Å². The molecule has 4 aromatic carbocycles. The van der Waals surface area contributed by atoms with Crippen LogP contribution in [0, 0.1) is 5.82 Å². The van der Waals surface area contributed by atoms with Crippen LogP contribution in [0.1, 0.15) is 11.1 Å². The summed E-state index contributed by atoms with van der Waals surface area (Å²) in [5.41, 5.74) is 1.48. The lowest BCUT2D eigenvalue weighted by Gasteiger charge is -2.22. The van der Waals surface area contributed by atoms with Gasteiger partial charge in [-0.05, 0) is 58.3 Å². The Morgan fingerprint density at radius 3 is 2.29 bits per heavy atom. The summed E-state index contributed by atoms with van der Waals surface area (Å²) in [5.74, 6) is -0.878. The molecule has 0 spiro atoms. The van der Waals surface area contributed by atoms with Crippen molar-refractivity contribution in [2.45, 2.75) is 18.0 Å². The van der Waals surface area contributed by atoms with Crippen molar-refractivity contribution >= 4 is 38.3 Å². The van der Waals surface area contributed by atoms with Gasteiger partial charge in [-0.1, -0.05) is 66.2 Å². The molecule has 0 saturated heterocycles. The van der Waals surface area contributed by atoms with Gasteiger partial charge in [-0.3, -0.25) is 4.79 Å². The van der Waals surface area contributed by atoms with Crippen LogP contribution < -0.4 is 5.32 Å². The number of rotatable bonds is 8. The van der Waals surface area contributed by atoms with Gasteiger partial charge in [-0.25, -0.2) is 12.8 Å². The van der Waals surface area contributed by atoms with E-state index in [0.717, 1.165) is 20.6 Å². The number of nitrogens with one attached hydrogen (secondary N) is 1. The van der Waals surface area contributed by atoms with E-state index in [2.05, 4.69) is 5.32 Å². The van der Waals surface area contributed by atoms with E-state index in [1.807, 2.05) is 42.5 Å². The molecule has 0 saturated carbocycles. The Bertz CT molecular complexity index is 1400. The van der Waals surface area contributed by atoms with Crippen LogP contribution in [-0.2, 0) is 27.9 Å². The molecule has 174 valence electrons. The van der Waals surface area contributed by atoms with Gasteiger partial charge in [-0.2, -0.15) is 4.31 Å². The van der Waals surface area contributed by atoms with Crippen LogP contribution in [-0.4, -0.2) is 25.2 Å². The molecule has 0 atom stereocenters. The second-order valence-corrected chi connectivity index (χ2v) is 10.1. The Morgan fingerprint density at radius 2 is 1.56 bits per heavy atom. The zero-order valence-electron chi connectivity index (χ0n) is 18.1. The van der Waals surface area contributed by atoms with E-state index in [0.29, 0.717) is 10.6 Å². The van der Waals surface area contributed by atoms with E-state index in [4.69, 9.17) is 11.6 Å². The first-order valence-corrected chi connectivity index (χ1v) is 12.4. The van der Waals surface area contributed by atoms with Gasteiger partial charge in [0, 0.05) is 18.1 Å². The zero-order valence-corrected chi connectivity index (χ0v) is 19.7. The molecule has 4 rings (SSSR count).